The maximum absolute atomic E-state index is 12.8. The molecule has 1 N–H and O–H groups in total. The van der Waals surface area contributed by atoms with E-state index in [1.54, 1.807) is 18.2 Å². The van der Waals surface area contributed by atoms with Gasteiger partial charge in [-0.2, -0.15) is 0 Å². The van der Waals surface area contributed by atoms with Gasteiger partial charge in [0.15, 0.2) is 11.5 Å². The van der Waals surface area contributed by atoms with Crippen LogP contribution in [0.4, 0.5) is 16.2 Å². The van der Waals surface area contributed by atoms with E-state index in [1.165, 1.54) is 43.4 Å². The molecule has 0 unspecified atom stereocenters. The lowest BCUT2D eigenvalue weighted by atomic mass is 10.2. The third-order valence-electron chi connectivity index (χ3n) is 4.00. The Kier molecular flexibility index (Phi) is 4.49. The number of aromatic carboxylic acids is 1. The predicted molar refractivity (Wildman–Crippen MR) is 93.2 cm³/mol. The van der Waals surface area contributed by atoms with E-state index >= 15 is 0 Å². The molecule has 0 atom stereocenters. The number of carbonyl (C=O) groups excluding carboxylic acids is 2. The van der Waals surface area contributed by atoms with E-state index in [-0.39, 0.29) is 17.8 Å². The molecule has 0 aromatic heterocycles. The van der Waals surface area contributed by atoms with Crippen LogP contribution in [0.25, 0.3) is 0 Å². The van der Waals surface area contributed by atoms with Crippen molar-refractivity contribution in [3.8, 4) is 11.5 Å². The van der Waals surface area contributed by atoms with Gasteiger partial charge in [-0.25, -0.2) is 14.5 Å². The molecule has 1 saturated heterocycles. The van der Waals surface area contributed by atoms with Crippen LogP contribution < -0.4 is 19.3 Å². The van der Waals surface area contributed by atoms with Crippen LogP contribution in [-0.2, 0) is 4.79 Å². The van der Waals surface area contributed by atoms with Gasteiger partial charge in [0.2, 0.25) is 0 Å². The molecule has 1 aliphatic rings. The summed E-state index contributed by atoms with van der Waals surface area (Å²) in [4.78, 5) is 38.5. The number of rotatable bonds is 5. The van der Waals surface area contributed by atoms with Gasteiger partial charge in [0.05, 0.1) is 25.5 Å². The zero-order valence-corrected chi connectivity index (χ0v) is 14.1. The molecule has 26 heavy (non-hydrogen) atoms. The van der Waals surface area contributed by atoms with Crippen LogP contribution in [0.3, 0.4) is 0 Å². The maximum Gasteiger partial charge on any atom is 0.336 e. The zero-order valence-electron chi connectivity index (χ0n) is 14.1. The van der Waals surface area contributed by atoms with E-state index in [4.69, 9.17) is 14.6 Å². The second kappa shape index (κ2) is 6.75. The van der Waals surface area contributed by atoms with Crippen LogP contribution in [0.2, 0.25) is 0 Å². The Morgan fingerprint density at radius 1 is 1.00 bits per heavy atom. The summed E-state index contributed by atoms with van der Waals surface area (Å²) in [5.74, 6) is -0.660. The second-order valence-electron chi connectivity index (χ2n) is 5.49. The fraction of sp³-hybridized carbons (Fsp3) is 0.167. The van der Waals surface area contributed by atoms with E-state index in [9.17, 15) is 14.4 Å². The lowest BCUT2D eigenvalue weighted by molar-refractivity contribution is -0.115. The summed E-state index contributed by atoms with van der Waals surface area (Å²) in [5.41, 5.74) is 0.674. The maximum atomic E-state index is 12.8. The molecular weight excluding hydrogens is 340 g/mol. The summed E-state index contributed by atoms with van der Waals surface area (Å²) in [7, 11) is 2.97. The summed E-state index contributed by atoms with van der Waals surface area (Å²) >= 11 is 0. The molecule has 1 aliphatic heterocycles. The van der Waals surface area contributed by atoms with Crippen molar-refractivity contribution >= 4 is 29.3 Å². The molecule has 1 heterocycles. The normalized spacial score (nSPS) is 13.9. The van der Waals surface area contributed by atoms with Crippen molar-refractivity contribution in [2.45, 2.75) is 0 Å². The Balaban J connectivity index is 1.94. The molecule has 0 saturated carbocycles. The number of methoxy groups -OCH3 is 2. The van der Waals surface area contributed by atoms with Crippen molar-refractivity contribution in [3.63, 3.8) is 0 Å². The molecule has 2 aromatic rings. The SMILES string of the molecule is COc1ccc(N2CC(=O)N(c3cccc(C(=O)O)c3)C2=O)cc1OC. The number of amides is 3. The highest BCUT2D eigenvalue weighted by atomic mass is 16.5. The second-order valence-corrected chi connectivity index (χ2v) is 5.49. The highest BCUT2D eigenvalue weighted by Crippen LogP contribution is 2.34. The average molecular weight is 356 g/mol. The molecule has 0 aliphatic carbocycles. The molecule has 134 valence electrons. The first kappa shape index (κ1) is 17.3. The van der Waals surface area contributed by atoms with Crippen molar-refractivity contribution in [1.29, 1.82) is 0 Å². The van der Waals surface area contributed by atoms with E-state index in [2.05, 4.69) is 0 Å². The van der Waals surface area contributed by atoms with Crippen LogP contribution in [0.1, 0.15) is 10.4 Å². The molecule has 1 fully saturated rings. The Morgan fingerprint density at radius 3 is 2.38 bits per heavy atom. The topological polar surface area (TPSA) is 96.4 Å². The Morgan fingerprint density at radius 2 is 1.73 bits per heavy atom. The number of carboxylic acids is 1. The predicted octanol–water partition coefficient (Wildman–Crippen LogP) is 2.38. The molecule has 0 spiro atoms. The number of carboxylic acid groups (broad SMARTS) is 1. The molecule has 8 heteroatoms. The third kappa shape index (κ3) is 2.92. The summed E-state index contributed by atoms with van der Waals surface area (Å²) < 4.78 is 10.4. The number of urea groups is 1. The van der Waals surface area contributed by atoms with Crippen molar-refractivity contribution in [2.24, 2.45) is 0 Å². The first-order valence-corrected chi connectivity index (χ1v) is 7.66. The van der Waals surface area contributed by atoms with E-state index < -0.39 is 17.9 Å². The van der Waals surface area contributed by atoms with Crippen LogP contribution in [0.15, 0.2) is 42.5 Å². The van der Waals surface area contributed by atoms with Gasteiger partial charge in [-0.3, -0.25) is 9.69 Å². The first-order chi connectivity index (χ1) is 12.5. The van der Waals surface area contributed by atoms with Crippen LogP contribution in [-0.4, -0.2) is 43.8 Å². The minimum atomic E-state index is -1.14. The minimum absolute atomic E-state index is 0.00679. The largest absolute Gasteiger partial charge is 0.493 e. The molecule has 3 rings (SSSR count). The smallest absolute Gasteiger partial charge is 0.336 e. The number of hydrogen-bond donors (Lipinski definition) is 1. The van der Waals surface area contributed by atoms with Gasteiger partial charge >= 0.3 is 12.0 Å². The lowest BCUT2D eigenvalue weighted by Crippen LogP contribution is -2.33. The fourth-order valence-corrected chi connectivity index (χ4v) is 2.73. The molecule has 3 amide bonds. The summed E-state index contributed by atoms with van der Waals surface area (Å²) in [6.45, 7) is -0.161. The van der Waals surface area contributed by atoms with Gasteiger partial charge in [0.25, 0.3) is 5.91 Å². The van der Waals surface area contributed by atoms with Crippen molar-refractivity contribution in [2.75, 3.05) is 30.6 Å². The van der Waals surface area contributed by atoms with Gasteiger partial charge in [-0.1, -0.05) is 6.07 Å². The number of imide groups is 1. The molecule has 8 nitrogen and oxygen atoms in total. The van der Waals surface area contributed by atoms with Gasteiger partial charge in [0.1, 0.15) is 6.54 Å². The van der Waals surface area contributed by atoms with E-state index in [1.807, 2.05) is 0 Å². The minimum Gasteiger partial charge on any atom is -0.493 e. The Labute approximate surface area is 149 Å². The number of benzene rings is 2. The number of nitrogens with zero attached hydrogens (tertiary/aromatic N) is 2. The summed E-state index contributed by atoms with van der Waals surface area (Å²) in [6.07, 6.45) is 0. The van der Waals surface area contributed by atoms with Gasteiger partial charge < -0.3 is 14.6 Å². The third-order valence-corrected chi connectivity index (χ3v) is 4.00. The molecule has 2 aromatic carbocycles. The summed E-state index contributed by atoms with van der Waals surface area (Å²) in [5, 5.41) is 9.10. The molecule has 0 bridgehead atoms. The quantitative estimate of drug-likeness (QED) is 0.826. The summed E-state index contributed by atoms with van der Waals surface area (Å²) in [6, 6.07) is 9.99. The molecular formula is C18H16N2O6. The Bertz CT molecular complexity index is 895. The average Bonchev–Trinajstić information content (AvgIpc) is 2.95. The van der Waals surface area contributed by atoms with Gasteiger partial charge in [-0.05, 0) is 30.3 Å². The number of anilines is 2. The standard InChI is InChI=1S/C18H16N2O6/c1-25-14-7-6-12(9-15(14)26-2)19-10-16(21)20(18(19)24)13-5-3-4-11(8-13)17(22)23/h3-9H,10H2,1-2H3,(H,22,23). The fourth-order valence-electron chi connectivity index (χ4n) is 2.73. The van der Waals surface area contributed by atoms with E-state index in [0.717, 1.165) is 4.90 Å². The number of hydrogen-bond acceptors (Lipinski definition) is 5. The monoisotopic (exact) mass is 356 g/mol. The van der Waals surface area contributed by atoms with E-state index in [0.29, 0.717) is 17.2 Å². The highest BCUT2D eigenvalue weighted by molar-refractivity contribution is 6.27. The van der Waals surface area contributed by atoms with Crippen LogP contribution >= 0.6 is 0 Å². The number of carbonyl (C=O) groups is 3. The zero-order chi connectivity index (χ0) is 18.8. The van der Waals surface area contributed by atoms with Crippen LogP contribution in [0, 0.1) is 0 Å². The molecule has 0 radical (unpaired) electrons. The Hall–Kier alpha value is -3.55. The van der Waals surface area contributed by atoms with Crippen molar-refractivity contribution in [3.05, 3.63) is 48.0 Å². The van der Waals surface area contributed by atoms with Crippen LogP contribution in [0.5, 0.6) is 11.5 Å². The first-order valence-electron chi connectivity index (χ1n) is 7.66. The highest BCUT2D eigenvalue weighted by Gasteiger charge is 2.38. The van der Waals surface area contributed by atoms with Gasteiger partial charge in [0, 0.05) is 11.8 Å². The lowest BCUT2D eigenvalue weighted by Gasteiger charge is -2.18. The van der Waals surface area contributed by atoms with Crippen molar-refractivity contribution < 1.29 is 29.0 Å². The van der Waals surface area contributed by atoms with Gasteiger partial charge in [-0.15, -0.1) is 0 Å². The number of ether oxygens (including phenoxy) is 2. The van der Waals surface area contributed by atoms with Crippen molar-refractivity contribution in [1.82, 2.24) is 0 Å².